The highest BCUT2D eigenvalue weighted by atomic mass is 16.5. The monoisotopic (exact) mass is 606 g/mol. The summed E-state index contributed by atoms with van der Waals surface area (Å²) >= 11 is 0. The van der Waals surface area contributed by atoms with Crippen LogP contribution < -0.4 is 19.7 Å². The molecule has 7 rings (SSSR count). The fraction of sp³-hybridized carbons (Fsp3) is 0.312. The Labute approximate surface area is 260 Å². The highest BCUT2D eigenvalue weighted by Gasteiger charge is 2.33. The first-order chi connectivity index (χ1) is 21.9. The number of hydrogen-bond donors (Lipinski definition) is 1. The lowest BCUT2D eigenvalue weighted by Crippen LogP contribution is -2.56. The van der Waals surface area contributed by atoms with Crippen LogP contribution in [0.5, 0.6) is 17.2 Å². The standard InChI is InChI=1S/C32H34N10O3/c1-21-15-22(6-7-26(21)45-24-8-11-42-28(16-24)34-20-36-42)37-31-30-25(33-19-35-31)17-27-32(38-30)40-12-13-41(23(18-40)9-14-44-27)29(43)5-4-10-39(2)3/h4-8,11,15-17,19-20,23H,9-10,12-14,18H2,1-3H3,(H,33,35,37)/b5-4+/t23-/m1/s1. The SMILES string of the molecule is Cc1cc(Nc2ncnc3cc4c(nc23)N2CCN(C(=O)/C=C/CN(C)C)[C@H](CCO4)C2)ccc1Oc1ccn2ncnc2c1. The van der Waals surface area contributed by atoms with Crippen LogP contribution in [-0.4, -0.2) is 98.2 Å². The number of likely N-dealkylation sites (N-methyl/N-ethyl adjacent to an activating group) is 1. The maximum atomic E-state index is 13.0. The molecule has 6 heterocycles. The number of pyridine rings is 2. The van der Waals surface area contributed by atoms with Gasteiger partial charge in [-0.1, -0.05) is 6.08 Å². The molecule has 0 spiro atoms. The average molecular weight is 607 g/mol. The largest absolute Gasteiger partial charge is 0.490 e. The highest BCUT2D eigenvalue weighted by molar-refractivity contribution is 5.90. The molecule has 0 saturated carbocycles. The Morgan fingerprint density at radius 2 is 2.04 bits per heavy atom. The molecule has 230 valence electrons. The molecule has 1 saturated heterocycles. The van der Waals surface area contributed by atoms with E-state index in [-0.39, 0.29) is 11.9 Å². The van der Waals surface area contributed by atoms with E-state index in [1.54, 1.807) is 10.6 Å². The molecule has 13 heteroatoms. The molecule has 1 aromatic carbocycles. The summed E-state index contributed by atoms with van der Waals surface area (Å²) in [6.45, 7) is 5.16. The zero-order valence-corrected chi connectivity index (χ0v) is 25.4. The molecule has 2 aliphatic rings. The Morgan fingerprint density at radius 1 is 1.13 bits per heavy atom. The molecular formula is C32H34N10O3. The predicted molar refractivity (Wildman–Crippen MR) is 170 cm³/mol. The van der Waals surface area contributed by atoms with Crippen molar-refractivity contribution in [1.82, 2.24) is 39.3 Å². The number of nitrogens with one attached hydrogen (secondary N) is 1. The van der Waals surface area contributed by atoms with E-state index in [0.717, 1.165) is 35.8 Å². The van der Waals surface area contributed by atoms with Crippen molar-refractivity contribution >= 4 is 39.9 Å². The first-order valence-electron chi connectivity index (χ1n) is 14.9. The van der Waals surface area contributed by atoms with Crippen molar-refractivity contribution in [3.8, 4) is 17.2 Å². The molecular weight excluding hydrogens is 572 g/mol. The van der Waals surface area contributed by atoms with Gasteiger partial charge in [0.25, 0.3) is 0 Å². The van der Waals surface area contributed by atoms with Gasteiger partial charge in [0, 0.05) is 62.7 Å². The van der Waals surface area contributed by atoms with Crippen molar-refractivity contribution in [3.63, 3.8) is 0 Å². The van der Waals surface area contributed by atoms with Crippen LogP contribution in [0, 0.1) is 6.92 Å². The molecule has 2 bridgehead atoms. The van der Waals surface area contributed by atoms with E-state index in [4.69, 9.17) is 14.5 Å². The highest BCUT2D eigenvalue weighted by Crippen LogP contribution is 2.36. The number of hydrogen-bond acceptors (Lipinski definition) is 11. The summed E-state index contributed by atoms with van der Waals surface area (Å²) in [6.07, 6.45) is 9.18. The van der Waals surface area contributed by atoms with Crippen molar-refractivity contribution in [1.29, 1.82) is 0 Å². The zero-order valence-electron chi connectivity index (χ0n) is 25.4. The molecule has 13 nitrogen and oxygen atoms in total. The quantitative estimate of drug-likeness (QED) is 0.272. The number of amides is 1. The van der Waals surface area contributed by atoms with Gasteiger partial charge in [0.2, 0.25) is 5.91 Å². The van der Waals surface area contributed by atoms with Crippen LogP contribution in [0.2, 0.25) is 0 Å². The van der Waals surface area contributed by atoms with E-state index in [0.29, 0.717) is 60.2 Å². The number of benzene rings is 1. The van der Waals surface area contributed by atoms with Gasteiger partial charge in [-0.15, -0.1) is 0 Å². The van der Waals surface area contributed by atoms with Crippen LogP contribution >= 0.6 is 0 Å². The third-order valence-electron chi connectivity index (χ3n) is 7.98. The molecule has 1 N–H and O–H groups in total. The van der Waals surface area contributed by atoms with Gasteiger partial charge in [-0.05, 0) is 50.8 Å². The second kappa shape index (κ2) is 12.0. The van der Waals surface area contributed by atoms with Gasteiger partial charge in [0.15, 0.2) is 23.0 Å². The smallest absolute Gasteiger partial charge is 0.246 e. The third-order valence-corrected chi connectivity index (χ3v) is 7.98. The van der Waals surface area contributed by atoms with E-state index >= 15 is 0 Å². The Hall–Kier alpha value is -5.30. The van der Waals surface area contributed by atoms with E-state index in [1.165, 1.54) is 12.7 Å². The maximum absolute atomic E-state index is 13.0. The fourth-order valence-electron chi connectivity index (χ4n) is 5.70. The predicted octanol–water partition coefficient (Wildman–Crippen LogP) is 3.83. The summed E-state index contributed by atoms with van der Waals surface area (Å²) in [7, 11) is 3.96. The molecule has 5 aromatic rings. The van der Waals surface area contributed by atoms with E-state index < -0.39 is 0 Å². The molecule has 0 radical (unpaired) electrons. The van der Waals surface area contributed by atoms with E-state index in [9.17, 15) is 4.79 Å². The number of fused-ring (bicyclic) bond motifs is 6. The second-order valence-corrected chi connectivity index (χ2v) is 11.5. The molecule has 0 aliphatic carbocycles. The Balaban J connectivity index is 1.11. The molecule has 1 fully saturated rings. The lowest BCUT2D eigenvalue weighted by atomic mass is 10.1. The first-order valence-corrected chi connectivity index (χ1v) is 14.9. The molecule has 0 unspecified atom stereocenters. The van der Waals surface area contributed by atoms with Crippen molar-refractivity contribution in [2.24, 2.45) is 0 Å². The lowest BCUT2D eigenvalue weighted by molar-refractivity contribution is -0.129. The minimum absolute atomic E-state index is 0.0347. The van der Waals surface area contributed by atoms with Gasteiger partial charge in [-0.25, -0.2) is 24.5 Å². The summed E-state index contributed by atoms with van der Waals surface area (Å²) in [6, 6.07) is 11.5. The normalized spacial score (nSPS) is 16.5. The number of carbonyl (C=O) groups excluding carboxylic acids is 1. The van der Waals surface area contributed by atoms with Crippen LogP contribution in [0.15, 0.2) is 67.4 Å². The molecule has 45 heavy (non-hydrogen) atoms. The van der Waals surface area contributed by atoms with E-state index in [1.807, 2.05) is 79.5 Å². The Morgan fingerprint density at radius 3 is 2.91 bits per heavy atom. The number of aromatic nitrogens is 6. The van der Waals surface area contributed by atoms with Crippen LogP contribution in [-0.2, 0) is 4.79 Å². The van der Waals surface area contributed by atoms with Crippen molar-refractivity contribution in [2.75, 3.05) is 57.1 Å². The maximum Gasteiger partial charge on any atom is 0.246 e. The first kappa shape index (κ1) is 28.5. The van der Waals surface area contributed by atoms with Crippen LogP contribution in [0.4, 0.5) is 17.3 Å². The van der Waals surface area contributed by atoms with Gasteiger partial charge < -0.3 is 29.5 Å². The van der Waals surface area contributed by atoms with Gasteiger partial charge >= 0.3 is 0 Å². The lowest BCUT2D eigenvalue weighted by Gasteiger charge is -2.43. The summed E-state index contributed by atoms with van der Waals surface area (Å²) in [5.41, 5.74) is 3.82. The van der Waals surface area contributed by atoms with Crippen LogP contribution in [0.25, 0.3) is 16.7 Å². The number of aryl methyl sites for hydroxylation is 1. The number of nitrogens with zero attached hydrogens (tertiary/aromatic N) is 9. The topological polar surface area (TPSA) is 126 Å². The van der Waals surface area contributed by atoms with Crippen molar-refractivity contribution in [3.05, 3.63) is 73.0 Å². The van der Waals surface area contributed by atoms with Gasteiger partial charge in [0.1, 0.15) is 29.7 Å². The molecule has 1 atom stereocenters. The second-order valence-electron chi connectivity index (χ2n) is 11.5. The number of carbonyl (C=O) groups is 1. The van der Waals surface area contributed by atoms with Gasteiger partial charge in [0.05, 0.1) is 18.2 Å². The van der Waals surface area contributed by atoms with Crippen LogP contribution in [0.3, 0.4) is 0 Å². The minimum Gasteiger partial charge on any atom is -0.490 e. The van der Waals surface area contributed by atoms with Gasteiger partial charge in [-0.3, -0.25) is 4.79 Å². The van der Waals surface area contributed by atoms with E-state index in [2.05, 4.69) is 30.3 Å². The minimum atomic E-state index is 0.0347. The summed E-state index contributed by atoms with van der Waals surface area (Å²) in [4.78, 5) is 37.5. The summed E-state index contributed by atoms with van der Waals surface area (Å²) in [5, 5.41) is 7.55. The van der Waals surface area contributed by atoms with Crippen LogP contribution in [0.1, 0.15) is 12.0 Å². The summed E-state index contributed by atoms with van der Waals surface area (Å²) < 4.78 is 14.0. The Bertz CT molecular complexity index is 1910. The average Bonchev–Trinajstić information content (AvgIpc) is 3.49. The van der Waals surface area contributed by atoms with Gasteiger partial charge in [-0.2, -0.15) is 5.10 Å². The number of rotatable bonds is 7. The molecule has 4 aromatic heterocycles. The third kappa shape index (κ3) is 5.94. The zero-order chi connectivity index (χ0) is 30.9. The van der Waals surface area contributed by atoms with Crippen molar-refractivity contribution in [2.45, 2.75) is 19.4 Å². The number of piperazine rings is 1. The Kier molecular flexibility index (Phi) is 7.59. The fourth-order valence-corrected chi connectivity index (χ4v) is 5.70. The molecule has 2 aliphatic heterocycles. The number of anilines is 3. The summed E-state index contributed by atoms with van der Waals surface area (Å²) in [5.74, 6) is 3.47. The van der Waals surface area contributed by atoms with Crippen molar-refractivity contribution < 1.29 is 14.3 Å². The molecule has 1 amide bonds. The number of ether oxygens (including phenoxy) is 2.